The molecule has 3 N–H and O–H groups in total. The average Bonchev–Trinajstić information content (AvgIpc) is 3.33. The maximum atomic E-state index is 12.7. The molecule has 0 fully saturated rings. The molecule has 0 spiro atoms. The molecule has 6 aromatic carbocycles. The molecule has 0 radical (unpaired) electrons. The van der Waals surface area contributed by atoms with Gasteiger partial charge in [-0.3, -0.25) is 14.3 Å². The van der Waals surface area contributed by atoms with E-state index in [0.717, 1.165) is 38.6 Å². The fourth-order valence-electron chi connectivity index (χ4n) is 6.84. The SMILES string of the molecule is C=CS(=O)(=O)Nc1ccc(Oc2ccc(OC)cc2)c(-c2cn(C)c(=O)c3ccccc23)c1.COc1ccc(Oc2ccc(N)cc2-c2cn(C)c(=O)c3ccccc23)cc1.O=S(=O)(Cl)CCCl. The number of nitrogens with one attached hydrogen (secondary N) is 1. The molecule has 0 unspecified atom stereocenters. The lowest BCUT2D eigenvalue weighted by Gasteiger charge is -2.16. The van der Waals surface area contributed by atoms with Crippen LogP contribution in [0.4, 0.5) is 11.4 Å². The van der Waals surface area contributed by atoms with Crippen molar-refractivity contribution in [1.29, 1.82) is 0 Å². The lowest BCUT2D eigenvalue weighted by Crippen LogP contribution is -2.16. The minimum atomic E-state index is -3.70. The Balaban J connectivity index is 0.000000198. The molecular formula is C50H46Cl2N4O10S2. The lowest BCUT2D eigenvalue weighted by atomic mass is 9.99. The Bertz CT molecular complexity index is 3460. The molecule has 0 bridgehead atoms. The topological polar surface area (TPSA) is 187 Å². The number of rotatable bonds is 13. The number of hydrogen-bond donors (Lipinski definition) is 2. The Morgan fingerprint density at radius 3 is 1.41 bits per heavy atom. The third-order valence-electron chi connectivity index (χ3n) is 10.1. The Labute approximate surface area is 402 Å². The van der Waals surface area contributed by atoms with Crippen molar-refractivity contribution in [1.82, 2.24) is 9.13 Å². The van der Waals surface area contributed by atoms with Gasteiger partial charge in [0.15, 0.2) is 0 Å². The number of benzene rings is 6. The summed E-state index contributed by atoms with van der Waals surface area (Å²) in [5, 5.41) is 3.63. The van der Waals surface area contributed by atoms with E-state index in [2.05, 4.69) is 11.3 Å². The summed E-state index contributed by atoms with van der Waals surface area (Å²) < 4.78 is 72.2. The van der Waals surface area contributed by atoms with E-state index in [1.54, 1.807) is 99.7 Å². The molecule has 8 aromatic rings. The van der Waals surface area contributed by atoms with Crippen LogP contribution < -0.4 is 40.5 Å². The summed E-state index contributed by atoms with van der Waals surface area (Å²) in [7, 11) is 4.31. The number of fused-ring (bicyclic) bond motifs is 2. The second-order valence-electron chi connectivity index (χ2n) is 14.8. The van der Waals surface area contributed by atoms with Gasteiger partial charge in [-0.1, -0.05) is 43.0 Å². The first kappa shape index (κ1) is 50.2. The van der Waals surface area contributed by atoms with Gasteiger partial charge >= 0.3 is 0 Å². The Morgan fingerprint density at radius 1 is 0.603 bits per heavy atom. The fourth-order valence-corrected chi connectivity index (χ4v) is 8.64. The molecule has 0 aliphatic rings. The van der Waals surface area contributed by atoms with Crippen LogP contribution in [-0.4, -0.2) is 51.8 Å². The molecule has 2 aromatic heterocycles. The van der Waals surface area contributed by atoms with Crippen molar-refractivity contribution in [3.05, 3.63) is 179 Å². The maximum Gasteiger partial charge on any atom is 0.258 e. The Hall–Kier alpha value is -7.24. The summed E-state index contributed by atoms with van der Waals surface area (Å²) >= 11 is 5.02. The number of aromatic nitrogens is 2. The zero-order valence-electron chi connectivity index (χ0n) is 37.2. The van der Waals surface area contributed by atoms with Crippen molar-refractivity contribution in [2.75, 3.05) is 36.3 Å². The number of nitrogens with zero attached hydrogens (tertiary/aromatic N) is 2. The van der Waals surface area contributed by atoms with Crippen molar-refractivity contribution in [2.24, 2.45) is 14.1 Å². The summed E-state index contributed by atoms with van der Waals surface area (Å²) in [6, 6.07) is 39.8. The van der Waals surface area contributed by atoms with Gasteiger partial charge in [0, 0.05) is 92.9 Å². The molecule has 0 saturated carbocycles. The number of aryl methyl sites for hydroxylation is 2. The number of anilines is 2. The second-order valence-corrected chi connectivity index (χ2v) is 19.7. The molecule has 0 aliphatic carbocycles. The summed E-state index contributed by atoms with van der Waals surface area (Å²) in [6.07, 6.45) is 3.53. The van der Waals surface area contributed by atoms with Crippen molar-refractivity contribution in [3.8, 4) is 56.8 Å². The van der Waals surface area contributed by atoms with Crippen molar-refractivity contribution >= 4 is 74.3 Å². The van der Waals surface area contributed by atoms with Gasteiger partial charge in [-0.05, 0) is 108 Å². The molecule has 352 valence electrons. The van der Waals surface area contributed by atoms with Crippen LogP contribution in [0, 0.1) is 0 Å². The number of nitrogen functional groups attached to an aromatic ring is 1. The van der Waals surface area contributed by atoms with Gasteiger partial charge < -0.3 is 33.8 Å². The fraction of sp³-hybridized carbons (Fsp3) is 0.120. The van der Waals surface area contributed by atoms with Gasteiger partial charge in [-0.25, -0.2) is 16.8 Å². The summed E-state index contributed by atoms with van der Waals surface area (Å²) in [5.74, 6) is 3.76. The standard InChI is InChI=1S/C25H22N2O5S.C23H20N2O3.C2H4Cl2O2S/c1-4-33(29,30)26-17-9-14-24(32-19-12-10-18(31-3)11-13-19)22(15-17)23-16-27(2)25(28)21-8-6-5-7-20(21)23;1-25-14-21(18-5-3-4-6-19(18)23(25)26)20-13-15(24)7-12-22(20)28-17-10-8-16(27-2)9-11-17;3-1-2-7(4,5)6/h4-16,26H,1H2,2-3H3;3-14H,24H2,1-2H3;1-2H2. The number of alkyl halides is 1. The first-order chi connectivity index (χ1) is 32.4. The van der Waals surface area contributed by atoms with Crippen LogP contribution in [0.25, 0.3) is 43.8 Å². The van der Waals surface area contributed by atoms with Gasteiger partial charge in [0.1, 0.15) is 34.5 Å². The van der Waals surface area contributed by atoms with E-state index in [9.17, 15) is 26.4 Å². The van der Waals surface area contributed by atoms with Crippen LogP contribution in [0.5, 0.6) is 34.5 Å². The third kappa shape index (κ3) is 12.6. The number of nitrogens with two attached hydrogens (primary N) is 1. The zero-order valence-corrected chi connectivity index (χ0v) is 40.3. The largest absolute Gasteiger partial charge is 0.497 e. The zero-order chi connectivity index (χ0) is 49.2. The minimum Gasteiger partial charge on any atom is -0.497 e. The molecule has 0 saturated heterocycles. The van der Waals surface area contributed by atoms with E-state index in [0.29, 0.717) is 56.5 Å². The summed E-state index contributed by atoms with van der Waals surface area (Å²) in [4.78, 5) is 25.2. The van der Waals surface area contributed by atoms with Crippen LogP contribution in [0.1, 0.15) is 0 Å². The van der Waals surface area contributed by atoms with E-state index >= 15 is 0 Å². The first-order valence-corrected chi connectivity index (χ1v) is 25.0. The summed E-state index contributed by atoms with van der Waals surface area (Å²) in [6.45, 7) is 3.34. The van der Waals surface area contributed by atoms with E-state index < -0.39 is 19.1 Å². The maximum absolute atomic E-state index is 12.7. The molecule has 68 heavy (non-hydrogen) atoms. The molecule has 18 heteroatoms. The second kappa shape index (κ2) is 22.0. The van der Waals surface area contributed by atoms with E-state index in [4.69, 9.17) is 47.0 Å². The van der Waals surface area contributed by atoms with Gasteiger partial charge in [0.05, 0.1) is 20.0 Å². The number of ether oxygens (including phenoxy) is 4. The van der Waals surface area contributed by atoms with E-state index in [-0.39, 0.29) is 22.8 Å². The van der Waals surface area contributed by atoms with Crippen LogP contribution in [0.2, 0.25) is 0 Å². The van der Waals surface area contributed by atoms with Crippen molar-refractivity contribution < 1.29 is 35.8 Å². The van der Waals surface area contributed by atoms with Crippen molar-refractivity contribution in [3.63, 3.8) is 0 Å². The highest BCUT2D eigenvalue weighted by atomic mass is 35.7. The molecule has 8 rings (SSSR count). The van der Waals surface area contributed by atoms with Gasteiger partial charge in [-0.2, -0.15) is 0 Å². The number of sulfonamides is 1. The number of halogens is 2. The normalized spacial score (nSPS) is 11.1. The number of methoxy groups -OCH3 is 2. The van der Waals surface area contributed by atoms with E-state index in [1.165, 1.54) is 4.57 Å². The lowest BCUT2D eigenvalue weighted by molar-refractivity contribution is 0.413. The molecule has 14 nitrogen and oxygen atoms in total. The molecule has 2 heterocycles. The third-order valence-corrected chi connectivity index (χ3v) is 12.6. The Kier molecular flexibility index (Phi) is 16.3. The first-order valence-electron chi connectivity index (χ1n) is 20.4. The van der Waals surface area contributed by atoms with E-state index in [1.807, 2.05) is 79.0 Å². The van der Waals surface area contributed by atoms with Crippen LogP contribution in [-0.2, 0) is 33.2 Å². The highest BCUT2D eigenvalue weighted by molar-refractivity contribution is 8.13. The minimum absolute atomic E-state index is 0.0409. The average molecular weight is 998 g/mol. The highest BCUT2D eigenvalue weighted by Crippen LogP contribution is 2.40. The summed E-state index contributed by atoms with van der Waals surface area (Å²) in [5.41, 5.74) is 9.89. The van der Waals surface area contributed by atoms with Gasteiger partial charge in [-0.15, -0.1) is 11.6 Å². The molecule has 0 atom stereocenters. The van der Waals surface area contributed by atoms with Gasteiger partial charge in [0.25, 0.3) is 21.1 Å². The van der Waals surface area contributed by atoms with Crippen LogP contribution in [0.3, 0.4) is 0 Å². The van der Waals surface area contributed by atoms with Crippen molar-refractivity contribution in [2.45, 2.75) is 0 Å². The monoisotopic (exact) mass is 996 g/mol. The number of hydrogen-bond acceptors (Lipinski definition) is 11. The van der Waals surface area contributed by atoms with Crippen LogP contribution in [0.15, 0.2) is 167 Å². The molecule has 0 aliphatic heterocycles. The van der Waals surface area contributed by atoms with Crippen LogP contribution >= 0.6 is 22.3 Å². The molecule has 0 amide bonds. The predicted molar refractivity (Wildman–Crippen MR) is 273 cm³/mol. The van der Waals surface area contributed by atoms with Gasteiger partial charge in [0.2, 0.25) is 9.05 Å². The predicted octanol–water partition coefficient (Wildman–Crippen LogP) is 10.3. The highest BCUT2D eigenvalue weighted by Gasteiger charge is 2.18. The molecular weight excluding hydrogens is 952 g/mol. The smallest absolute Gasteiger partial charge is 0.258 e. The Morgan fingerprint density at radius 2 is 1.01 bits per heavy atom. The quantitative estimate of drug-likeness (QED) is 0.0636. The number of pyridine rings is 2.